The van der Waals surface area contributed by atoms with Gasteiger partial charge in [-0.3, -0.25) is 9.59 Å². The van der Waals surface area contributed by atoms with Crippen LogP contribution in [0.5, 0.6) is 0 Å². The summed E-state index contributed by atoms with van der Waals surface area (Å²) in [5, 5.41) is 11.7. The second-order valence-electron chi connectivity index (χ2n) is 4.97. The van der Waals surface area contributed by atoms with Crippen LogP contribution in [0, 0.1) is 17.3 Å². The van der Waals surface area contributed by atoms with Crippen LogP contribution in [0.25, 0.3) is 0 Å². The highest BCUT2D eigenvalue weighted by molar-refractivity contribution is 5.94. The van der Waals surface area contributed by atoms with E-state index in [0.717, 1.165) is 6.07 Å². The maximum absolute atomic E-state index is 12.6. The summed E-state index contributed by atoms with van der Waals surface area (Å²) in [6.45, 7) is 5.03. The Morgan fingerprint density at radius 1 is 1.47 bits per heavy atom. The van der Waals surface area contributed by atoms with Crippen molar-refractivity contribution < 1.29 is 19.1 Å². The Morgan fingerprint density at radius 3 is 2.53 bits per heavy atom. The van der Waals surface area contributed by atoms with Crippen molar-refractivity contribution in [3.8, 4) is 0 Å². The van der Waals surface area contributed by atoms with E-state index in [1.54, 1.807) is 13.8 Å². The monoisotopic (exact) mass is 268 g/mol. The molecule has 1 unspecified atom stereocenters. The molecule has 1 atom stereocenters. The molecule has 0 aliphatic heterocycles. The fourth-order valence-electron chi connectivity index (χ4n) is 1.52. The predicted octanol–water partition coefficient (Wildman–Crippen LogP) is 2.30. The summed E-state index contributed by atoms with van der Waals surface area (Å²) < 4.78 is 12.6. The molecular weight excluding hydrogens is 251 g/mol. The third kappa shape index (κ3) is 3.74. The normalized spacial score (nSPS) is 13.9. The summed E-state index contributed by atoms with van der Waals surface area (Å²) in [4.78, 5) is 26.5. The number of carboxylic acid groups (broad SMARTS) is 1. The molecule has 0 radical (unpaired) electrons. The summed E-state index contributed by atoms with van der Waals surface area (Å²) in [5.74, 6) is -2.29. The van der Waals surface area contributed by atoms with Gasteiger partial charge in [0.25, 0.3) is 0 Å². The first-order valence-electron chi connectivity index (χ1n) is 5.90. The second kappa shape index (κ2) is 5.77. The van der Waals surface area contributed by atoms with Gasteiger partial charge in [0.2, 0.25) is 11.9 Å². The van der Waals surface area contributed by atoms with Crippen molar-refractivity contribution >= 4 is 17.6 Å². The van der Waals surface area contributed by atoms with Crippen LogP contribution in [0.2, 0.25) is 0 Å². The minimum absolute atomic E-state index is 0.155. The van der Waals surface area contributed by atoms with E-state index in [4.69, 9.17) is 0 Å². The Morgan fingerprint density at radius 2 is 2.11 bits per heavy atom. The van der Waals surface area contributed by atoms with Crippen molar-refractivity contribution in [3.63, 3.8) is 0 Å². The van der Waals surface area contributed by atoms with Gasteiger partial charge in [0, 0.05) is 6.42 Å². The van der Waals surface area contributed by atoms with Crippen LogP contribution in [0.4, 0.5) is 10.1 Å². The molecular formula is C13H17FN2O3. The predicted molar refractivity (Wildman–Crippen MR) is 68.0 cm³/mol. The standard InChI is InChI=1S/C13H17FN2O3/c1-8(2)13(3,12(18)19)6-11(17)16-9-4-5-10(14)15-7-9/h4-5,7-8H,6H2,1-3H3,(H,16,17)(H,18,19). The van der Waals surface area contributed by atoms with Crippen LogP contribution in [0.15, 0.2) is 18.3 Å². The molecule has 0 saturated carbocycles. The number of rotatable bonds is 5. The maximum atomic E-state index is 12.6. The molecule has 1 aromatic heterocycles. The number of aliphatic carboxylic acids is 1. The molecule has 1 rings (SSSR count). The number of anilines is 1. The number of pyridine rings is 1. The minimum Gasteiger partial charge on any atom is -0.481 e. The lowest BCUT2D eigenvalue weighted by Crippen LogP contribution is -2.37. The number of carbonyl (C=O) groups is 2. The van der Waals surface area contributed by atoms with Crippen molar-refractivity contribution in [1.82, 2.24) is 4.98 Å². The van der Waals surface area contributed by atoms with E-state index in [9.17, 15) is 19.1 Å². The highest BCUT2D eigenvalue weighted by Gasteiger charge is 2.38. The van der Waals surface area contributed by atoms with Crippen LogP contribution >= 0.6 is 0 Å². The zero-order valence-electron chi connectivity index (χ0n) is 11.1. The van der Waals surface area contributed by atoms with Gasteiger partial charge in [-0.15, -0.1) is 0 Å². The molecule has 0 aliphatic rings. The lowest BCUT2D eigenvalue weighted by molar-refractivity contribution is -0.153. The van der Waals surface area contributed by atoms with E-state index >= 15 is 0 Å². The molecule has 104 valence electrons. The molecule has 0 saturated heterocycles. The largest absolute Gasteiger partial charge is 0.481 e. The smallest absolute Gasteiger partial charge is 0.310 e. The lowest BCUT2D eigenvalue weighted by Gasteiger charge is -2.28. The van der Waals surface area contributed by atoms with Crippen molar-refractivity contribution in [3.05, 3.63) is 24.3 Å². The van der Waals surface area contributed by atoms with Gasteiger partial charge in [-0.05, 0) is 25.0 Å². The summed E-state index contributed by atoms with van der Waals surface area (Å²) in [7, 11) is 0. The van der Waals surface area contributed by atoms with Gasteiger partial charge in [-0.2, -0.15) is 4.39 Å². The fourth-order valence-corrected chi connectivity index (χ4v) is 1.52. The molecule has 0 spiro atoms. The number of amides is 1. The molecule has 6 heteroatoms. The van der Waals surface area contributed by atoms with Crippen molar-refractivity contribution in [2.75, 3.05) is 5.32 Å². The number of carboxylic acids is 1. The molecule has 1 aromatic rings. The highest BCUT2D eigenvalue weighted by atomic mass is 19.1. The summed E-state index contributed by atoms with van der Waals surface area (Å²) in [5.41, 5.74) is -0.805. The lowest BCUT2D eigenvalue weighted by atomic mass is 9.76. The third-order valence-electron chi connectivity index (χ3n) is 3.30. The van der Waals surface area contributed by atoms with Crippen LogP contribution in [-0.2, 0) is 9.59 Å². The first kappa shape index (κ1) is 15.1. The fraction of sp³-hybridized carbons (Fsp3) is 0.462. The van der Waals surface area contributed by atoms with Gasteiger partial charge < -0.3 is 10.4 Å². The van der Waals surface area contributed by atoms with Crippen molar-refractivity contribution in [2.24, 2.45) is 11.3 Å². The van der Waals surface area contributed by atoms with Crippen LogP contribution in [-0.4, -0.2) is 22.0 Å². The number of halogens is 1. The average molecular weight is 268 g/mol. The zero-order valence-corrected chi connectivity index (χ0v) is 11.1. The Bertz CT molecular complexity index is 473. The maximum Gasteiger partial charge on any atom is 0.310 e. The van der Waals surface area contributed by atoms with E-state index in [2.05, 4.69) is 10.3 Å². The third-order valence-corrected chi connectivity index (χ3v) is 3.30. The molecule has 0 aliphatic carbocycles. The minimum atomic E-state index is -1.14. The number of nitrogens with zero attached hydrogens (tertiary/aromatic N) is 1. The highest BCUT2D eigenvalue weighted by Crippen LogP contribution is 2.31. The molecule has 1 amide bonds. The van der Waals surface area contributed by atoms with Gasteiger partial charge >= 0.3 is 5.97 Å². The van der Waals surface area contributed by atoms with E-state index in [1.807, 2.05) is 0 Å². The zero-order chi connectivity index (χ0) is 14.6. The summed E-state index contributed by atoms with van der Waals surface area (Å²) in [6, 6.07) is 2.49. The number of carbonyl (C=O) groups excluding carboxylic acids is 1. The van der Waals surface area contributed by atoms with Crippen molar-refractivity contribution in [2.45, 2.75) is 27.2 Å². The quantitative estimate of drug-likeness (QED) is 0.803. The summed E-state index contributed by atoms with van der Waals surface area (Å²) in [6.07, 6.45) is 1.03. The average Bonchev–Trinajstić information content (AvgIpc) is 2.31. The molecule has 0 bridgehead atoms. The van der Waals surface area contributed by atoms with E-state index in [0.29, 0.717) is 5.69 Å². The molecule has 0 aromatic carbocycles. The van der Waals surface area contributed by atoms with Crippen LogP contribution in [0.3, 0.4) is 0 Å². The Hall–Kier alpha value is -1.98. The number of aromatic nitrogens is 1. The number of nitrogens with one attached hydrogen (secondary N) is 1. The SMILES string of the molecule is CC(C)C(C)(CC(=O)Nc1ccc(F)nc1)C(=O)O. The first-order chi connectivity index (χ1) is 8.75. The number of hydrogen-bond acceptors (Lipinski definition) is 3. The second-order valence-corrected chi connectivity index (χ2v) is 4.97. The van der Waals surface area contributed by atoms with Gasteiger partial charge in [0.05, 0.1) is 17.3 Å². The topological polar surface area (TPSA) is 79.3 Å². The van der Waals surface area contributed by atoms with E-state index in [1.165, 1.54) is 19.2 Å². The number of hydrogen-bond donors (Lipinski definition) is 2. The van der Waals surface area contributed by atoms with Gasteiger partial charge in [0.15, 0.2) is 0 Å². The summed E-state index contributed by atoms with van der Waals surface area (Å²) >= 11 is 0. The Balaban J connectivity index is 2.74. The van der Waals surface area contributed by atoms with Gasteiger partial charge in [-0.1, -0.05) is 13.8 Å². The molecule has 1 heterocycles. The van der Waals surface area contributed by atoms with Crippen LogP contribution < -0.4 is 5.32 Å². The van der Waals surface area contributed by atoms with E-state index in [-0.39, 0.29) is 12.3 Å². The van der Waals surface area contributed by atoms with E-state index < -0.39 is 23.2 Å². The Kier molecular flexibility index (Phi) is 4.58. The molecule has 5 nitrogen and oxygen atoms in total. The van der Waals surface area contributed by atoms with Gasteiger partial charge in [0.1, 0.15) is 0 Å². The molecule has 2 N–H and O–H groups in total. The van der Waals surface area contributed by atoms with Crippen molar-refractivity contribution in [1.29, 1.82) is 0 Å². The van der Waals surface area contributed by atoms with Crippen LogP contribution in [0.1, 0.15) is 27.2 Å². The Labute approximate surface area is 110 Å². The molecule has 19 heavy (non-hydrogen) atoms. The first-order valence-corrected chi connectivity index (χ1v) is 5.90. The van der Waals surface area contributed by atoms with Gasteiger partial charge in [-0.25, -0.2) is 4.98 Å². The molecule has 0 fully saturated rings.